The van der Waals surface area contributed by atoms with Gasteiger partial charge >= 0.3 is 6.72 Å². The SMILES string of the molecule is COP(=S)(OCC[Si](C)(C)C)OCC[Si](C)(C)C. The van der Waals surface area contributed by atoms with Crippen molar-refractivity contribution >= 4 is 34.7 Å². The van der Waals surface area contributed by atoms with Gasteiger partial charge in [-0.15, -0.1) is 0 Å². The average molecular weight is 329 g/mol. The zero-order chi connectivity index (χ0) is 14.4. The minimum absolute atomic E-state index is 0.661. The van der Waals surface area contributed by atoms with Crippen molar-refractivity contribution in [3.05, 3.63) is 0 Å². The van der Waals surface area contributed by atoms with Gasteiger partial charge < -0.3 is 13.6 Å². The van der Waals surface area contributed by atoms with E-state index in [2.05, 4.69) is 39.3 Å². The third-order valence-electron chi connectivity index (χ3n) is 2.43. The molecular weight excluding hydrogens is 299 g/mol. The monoisotopic (exact) mass is 328 g/mol. The van der Waals surface area contributed by atoms with Gasteiger partial charge in [0.15, 0.2) is 0 Å². The minimum atomic E-state index is -2.49. The lowest BCUT2D eigenvalue weighted by atomic mass is 10.9. The van der Waals surface area contributed by atoms with Crippen LogP contribution < -0.4 is 0 Å². The molecule has 0 aliphatic heterocycles. The maximum absolute atomic E-state index is 5.70. The molecule has 0 saturated heterocycles. The summed E-state index contributed by atoms with van der Waals surface area (Å²) in [7, 11) is -0.590. The Labute approximate surface area is 120 Å². The number of hydrogen-bond donors (Lipinski definition) is 0. The number of rotatable bonds is 9. The molecule has 0 amide bonds. The van der Waals surface area contributed by atoms with Gasteiger partial charge in [-0.05, 0) is 23.9 Å². The lowest BCUT2D eigenvalue weighted by molar-refractivity contribution is 0.189. The molecule has 0 heterocycles. The molecule has 0 unspecified atom stereocenters. The van der Waals surface area contributed by atoms with Gasteiger partial charge in [0.05, 0.1) is 13.2 Å². The van der Waals surface area contributed by atoms with Crippen molar-refractivity contribution in [3.8, 4) is 0 Å². The van der Waals surface area contributed by atoms with Gasteiger partial charge in [-0.1, -0.05) is 39.3 Å². The van der Waals surface area contributed by atoms with Crippen LogP contribution in [0.2, 0.25) is 51.4 Å². The smallest absolute Gasteiger partial charge is 0.312 e. The average Bonchev–Trinajstić information content (AvgIpc) is 2.13. The van der Waals surface area contributed by atoms with E-state index in [0.717, 1.165) is 12.1 Å². The first-order chi connectivity index (χ1) is 7.97. The van der Waals surface area contributed by atoms with Crippen LogP contribution in [-0.2, 0) is 25.4 Å². The van der Waals surface area contributed by atoms with Gasteiger partial charge in [0, 0.05) is 23.3 Å². The van der Waals surface area contributed by atoms with Crippen LogP contribution in [0, 0.1) is 0 Å². The second kappa shape index (κ2) is 7.67. The van der Waals surface area contributed by atoms with Gasteiger partial charge in [0.1, 0.15) is 0 Å². The van der Waals surface area contributed by atoms with Gasteiger partial charge in [-0.2, -0.15) is 0 Å². The Morgan fingerprint density at radius 2 is 1.17 bits per heavy atom. The van der Waals surface area contributed by atoms with E-state index in [1.165, 1.54) is 0 Å². The highest BCUT2D eigenvalue weighted by molar-refractivity contribution is 8.07. The molecule has 0 aliphatic carbocycles. The van der Waals surface area contributed by atoms with E-state index in [1.54, 1.807) is 7.11 Å². The molecule has 0 bridgehead atoms. The van der Waals surface area contributed by atoms with E-state index in [-0.39, 0.29) is 0 Å². The standard InChI is InChI=1S/C11H29O3PSSi2/c1-12-15(16,13-8-10-17(2,3)4)14-9-11-18(5,6)7/h8-11H2,1-7H3. The predicted molar refractivity (Wildman–Crippen MR) is 89.5 cm³/mol. The molecule has 0 radical (unpaired) electrons. The summed E-state index contributed by atoms with van der Waals surface area (Å²) in [6.45, 7) is 12.7. The Kier molecular flexibility index (Phi) is 8.08. The Balaban J connectivity index is 4.08. The van der Waals surface area contributed by atoms with Crippen LogP contribution in [0.15, 0.2) is 0 Å². The molecular formula is C11H29O3PSSi2. The zero-order valence-electron chi connectivity index (χ0n) is 12.9. The first kappa shape index (κ1) is 19.0. The third kappa shape index (κ3) is 10.8. The predicted octanol–water partition coefficient (Wildman–Crippen LogP) is 4.57. The van der Waals surface area contributed by atoms with E-state index in [0.29, 0.717) is 13.2 Å². The summed E-state index contributed by atoms with van der Waals surface area (Å²) in [5.74, 6) is 0. The summed E-state index contributed by atoms with van der Waals surface area (Å²) in [5, 5.41) is 0. The fraction of sp³-hybridized carbons (Fsp3) is 1.00. The molecule has 7 heteroatoms. The molecule has 0 aliphatic rings. The summed E-state index contributed by atoms with van der Waals surface area (Å²) >= 11 is 5.36. The van der Waals surface area contributed by atoms with E-state index < -0.39 is 22.9 Å². The Morgan fingerprint density at radius 1 is 0.833 bits per heavy atom. The van der Waals surface area contributed by atoms with Gasteiger partial charge in [-0.3, -0.25) is 0 Å². The summed E-state index contributed by atoms with van der Waals surface area (Å²) < 4.78 is 16.7. The van der Waals surface area contributed by atoms with Crippen molar-refractivity contribution in [2.75, 3.05) is 20.3 Å². The molecule has 0 rings (SSSR count). The van der Waals surface area contributed by atoms with Gasteiger partial charge in [0.2, 0.25) is 0 Å². The van der Waals surface area contributed by atoms with Crippen molar-refractivity contribution in [2.45, 2.75) is 51.4 Å². The van der Waals surface area contributed by atoms with E-state index in [9.17, 15) is 0 Å². The minimum Gasteiger partial charge on any atom is -0.312 e. The summed E-state index contributed by atoms with van der Waals surface area (Å²) in [6, 6.07) is 2.18. The van der Waals surface area contributed by atoms with Crippen molar-refractivity contribution in [2.24, 2.45) is 0 Å². The van der Waals surface area contributed by atoms with Crippen LogP contribution in [0.25, 0.3) is 0 Å². The van der Waals surface area contributed by atoms with Crippen LogP contribution in [0.1, 0.15) is 0 Å². The molecule has 0 saturated carbocycles. The molecule has 0 aromatic rings. The zero-order valence-corrected chi connectivity index (χ0v) is 16.6. The first-order valence-corrected chi connectivity index (χ1v) is 16.4. The van der Waals surface area contributed by atoms with Crippen molar-refractivity contribution < 1.29 is 13.6 Å². The Bertz CT molecular complexity index is 263. The fourth-order valence-corrected chi connectivity index (χ4v) is 4.20. The molecule has 18 heavy (non-hydrogen) atoms. The van der Waals surface area contributed by atoms with Crippen molar-refractivity contribution in [1.29, 1.82) is 0 Å². The van der Waals surface area contributed by atoms with E-state index in [1.807, 2.05) is 0 Å². The maximum Gasteiger partial charge on any atom is 0.326 e. The highest BCUT2D eigenvalue weighted by Gasteiger charge is 2.22. The molecule has 110 valence electrons. The summed E-state index contributed by atoms with van der Waals surface area (Å²) in [6.07, 6.45) is 0. The largest absolute Gasteiger partial charge is 0.326 e. The molecule has 0 spiro atoms. The van der Waals surface area contributed by atoms with Crippen LogP contribution in [0.4, 0.5) is 0 Å². The normalized spacial score (nSPS) is 13.9. The Morgan fingerprint density at radius 3 is 1.39 bits per heavy atom. The highest BCUT2D eigenvalue weighted by atomic mass is 32.5. The lowest BCUT2D eigenvalue weighted by Gasteiger charge is -2.24. The molecule has 3 nitrogen and oxygen atoms in total. The first-order valence-electron chi connectivity index (χ1n) is 6.42. The third-order valence-corrected chi connectivity index (χ3v) is 8.36. The maximum atomic E-state index is 5.70. The van der Waals surface area contributed by atoms with Crippen molar-refractivity contribution in [1.82, 2.24) is 0 Å². The van der Waals surface area contributed by atoms with Crippen LogP contribution in [0.5, 0.6) is 0 Å². The molecule has 0 aromatic heterocycles. The fourth-order valence-electron chi connectivity index (χ4n) is 1.07. The van der Waals surface area contributed by atoms with Crippen LogP contribution >= 0.6 is 6.72 Å². The van der Waals surface area contributed by atoms with Crippen molar-refractivity contribution in [3.63, 3.8) is 0 Å². The van der Waals surface area contributed by atoms with Gasteiger partial charge in [0.25, 0.3) is 0 Å². The van der Waals surface area contributed by atoms with E-state index >= 15 is 0 Å². The lowest BCUT2D eigenvalue weighted by Crippen LogP contribution is -2.22. The molecule has 0 N–H and O–H groups in total. The summed E-state index contributed by atoms with van der Waals surface area (Å²) in [5.41, 5.74) is 0. The Hall–Kier alpha value is 0.964. The van der Waals surface area contributed by atoms with Gasteiger partial charge in [-0.25, -0.2) is 0 Å². The molecule has 0 fully saturated rings. The molecule has 0 aromatic carbocycles. The quantitative estimate of drug-likeness (QED) is 0.458. The highest BCUT2D eigenvalue weighted by Crippen LogP contribution is 2.49. The second-order valence-corrected chi connectivity index (χ2v) is 21.3. The molecule has 0 atom stereocenters. The second-order valence-electron chi connectivity index (χ2n) is 6.92. The number of hydrogen-bond acceptors (Lipinski definition) is 4. The van der Waals surface area contributed by atoms with Crippen LogP contribution in [0.3, 0.4) is 0 Å². The van der Waals surface area contributed by atoms with E-state index in [4.69, 9.17) is 25.4 Å². The summed E-state index contributed by atoms with van der Waals surface area (Å²) in [4.78, 5) is 0. The van der Waals surface area contributed by atoms with Crippen LogP contribution in [-0.4, -0.2) is 36.5 Å². The topological polar surface area (TPSA) is 27.7 Å².